The summed E-state index contributed by atoms with van der Waals surface area (Å²) in [6.45, 7) is 1.82. The van der Waals surface area contributed by atoms with Gasteiger partial charge in [0, 0.05) is 30.6 Å². The van der Waals surface area contributed by atoms with Gasteiger partial charge >= 0.3 is 5.25 Å². The molecule has 1 aromatic heterocycles. The molecule has 3 aromatic rings. The van der Waals surface area contributed by atoms with Crippen LogP contribution in [-0.4, -0.2) is 43.3 Å². The van der Waals surface area contributed by atoms with Gasteiger partial charge in [-0.2, -0.15) is 13.9 Å². The van der Waals surface area contributed by atoms with Crippen LogP contribution in [0, 0.1) is 24.6 Å². The molecule has 216 valence electrons. The number of benzene rings is 2. The Balaban J connectivity index is 0.000000312. The van der Waals surface area contributed by atoms with Gasteiger partial charge in [0.05, 0.1) is 16.3 Å². The summed E-state index contributed by atoms with van der Waals surface area (Å²) >= 11 is 5.48. The van der Waals surface area contributed by atoms with Gasteiger partial charge in [0.2, 0.25) is 0 Å². The van der Waals surface area contributed by atoms with E-state index in [1.807, 2.05) is 6.92 Å². The summed E-state index contributed by atoms with van der Waals surface area (Å²) in [6, 6.07) is 10.6. The highest BCUT2D eigenvalue weighted by atomic mass is 35.5. The molecular formula is C28H32ClF3N4O3S. The summed E-state index contributed by atoms with van der Waals surface area (Å²) in [5.41, 5.74) is 6.21. The highest BCUT2D eigenvalue weighted by molar-refractivity contribution is 7.86. The van der Waals surface area contributed by atoms with Gasteiger partial charge in [-0.25, -0.2) is 8.60 Å². The van der Waals surface area contributed by atoms with Gasteiger partial charge in [0.15, 0.2) is 6.29 Å². The molecule has 2 aliphatic rings. The molecule has 3 unspecified atom stereocenters. The number of aryl methyl sites for hydroxylation is 2. The number of nitrogens with one attached hydrogen (secondary N) is 1. The Morgan fingerprint density at radius 1 is 1.20 bits per heavy atom. The Kier molecular flexibility index (Phi) is 8.68. The average Bonchev–Trinajstić information content (AvgIpc) is 3.55. The van der Waals surface area contributed by atoms with Crippen molar-refractivity contribution >= 4 is 40.2 Å². The van der Waals surface area contributed by atoms with Crippen LogP contribution in [0.1, 0.15) is 53.2 Å². The lowest BCUT2D eigenvalue weighted by molar-refractivity contribution is -0.123. The molecule has 2 aromatic carbocycles. The molecular weight excluding hydrogens is 565 g/mol. The molecule has 12 heteroatoms. The van der Waals surface area contributed by atoms with E-state index in [0.29, 0.717) is 30.4 Å². The molecule has 1 heterocycles. The van der Waals surface area contributed by atoms with Crippen LogP contribution in [0.2, 0.25) is 5.02 Å². The van der Waals surface area contributed by atoms with E-state index in [4.69, 9.17) is 17.3 Å². The second kappa shape index (κ2) is 11.5. The van der Waals surface area contributed by atoms with Crippen LogP contribution in [0.25, 0.3) is 0 Å². The largest absolute Gasteiger partial charge is 0.388 e. The first-order valence-corrected chi connectivity index (χ1v) is 14.3. The summed E-state index contributed by atoms with van der Waals surface area (Å²) in [5.74, 6) is -0.467. The average molecular weight is 597 g/mol. The van der Waals surface area contributed by atoms with Gasteiger partial charge in [-0.3, -0.25) is 9.48 Å². The van der Waals surface area contributed by atoms with Crippen molar-refractivity contribution in [2.75, 3.05) is 18.1 Å². The fourth-order valence-corrected chi connectivity index (χ4v) is 7.13. The molecule has 0 bridgehead atoms. The Bertz CT molecular complexity index is 1400. The standard InChI is InChI=1S/C21H25F2N3O3S.C7H7ClFN/c1-12-3-5-16(6-4-12)30(29)21(22,23)20(28)9-14-7-13(8-15(14)10-20)18-17(11-27)19(24)26(2)25-18;1-10-5-2-3-7(9)6(8)4-5/h3-6,11,13-15,28H,7-10,24H2,1-2H3;2-4,10H,1H3. The molecule has 0 radical (unpaired) electrons. The number of fused-ring (bicyclic) bond motifs is 1. The van der Waals surface area contributed by atoms with Crippen LogP contribution >= 0.6 is 11.6 Å². The number of carbonyl (C=O) groups is 1. The highest BCUT2D eigenvalue weighted by Crippen LogP contribution is 2.58. The number of hydrogen-bond acceptors (Lipinski definition) is 6. The zero-order valence-electron chi connectivity index (χ0n) is 22.3. The summed E-state index contributed by atoms with van der Waals surface area (Å²) in [5, 5.41) is 14.5. The number of rotatable bonds is 6. The summed E-state index contributed by atoms with van der Waals surface area (Å²) in [4.78, 5) is 11.4. The minimum atomic E-state index is -3.76. The molecule has 0 aliphatic heterocycles. The van der Waals surface area contributed by atoms with E-state index < -0.39 is 21.7 Å². The quantitative estimate of drug-likeness (QED) is 0.316. The monoisotopic (exact) mass is 596 g/mol. The zero-order chi connectivity index (χ0) is 29.4. The number of nitrogen functional groups attached to an aromatic ring is 1. The van der Waals surface area contributed by atoms with Crippen molar-refractivity contribution in [3.8, 4) is 0 Å². The Hall–Kier alpha value is -2.89. The number of aldehydes is 1. The van der Waals surface area contributed by atoms with E-state index in [2.05, 4.69) is 10.4 Å². The third-order valence-corrected chi connectivity index (χ3v) is 9.76. The van der Waals surface area contributed by atoms with Crippen LogP contribution < -0.4 is 11.1 Å². The third kappa shape index (κ3) is 5.64. The van der Waals surface area contributed by atoms with Crippen molar-refractivity contribution in [3.63, 3.8) is 0 Å². The molecule has 0 amide bonds. The second-order valence-electron chi connectivity index (χ2n) is 10.5. The number of nitrogens with two attached hydrogens (primary N) is 1. The Labute approximate surface area is 238 Å². The van der Waals surface area contributed by atoms with Gasteiger partial charge in [0.1, 0.15) is 28.0 Å². The van der Waals surface area contributed by atoms with Crippen molar-refractivity contribution in [1.82, 2.24) is 9.78 Å². The summed E-state index contributed by atoms with van der Waals surface area (Å²) in [6.07, 6.45) is 1.50. The van der Waals surface area contributed by atoms with Gasteiger partial charge in [-0.15, -0.1) is 0 Å². The SMILES string of the molecule is CNc1ccc(F)c(Cl)c1.Cc1ccc(S(=O)C(F)(F)C2(O)CC3CC(c4nn(C)c(N)c4C=O)CC3C2)cc1. The van der Waals surface area contributed by atoms with Crippen molar-refractivity contribution in [2.45, 2.75) is 54.3 Å². The predicted molar refractivity (Wildman–Crippen MR) is 150 cm³/mol. The van der Waals surface area contributed by atoms with Crippen molar-refractivity contribution < 1.29 is 27.3 Å². The number of aliphatic hydroxyl groups is 1. The molecule has 2 saturated carbocycles. The lowest BCUT2D eigenvalue weighted by Gasteiger charge is -2.32. The van der Waals surface area contributed by atoms with Gasteiger partial charge in [0.25, 0.3) is 0 Å². The van der Waals surface area contributed by atoms with Gasteiger partial charge < -0.3 is 16.2 Å². The Morgan fingerprint density at radius 3 is 2.33 bits per heavy atom. The molecule has 0 spiro atoms. The molecule has 3 atom stereocenters. The molecule has 7 nitrogen and oxygen atoms in total. The first-order chi connectivity index (χ1) is 18.8. The fourth-order valence-electron chi connectivity index (χ4n) is 5.75. The number of anilines is 2. The zero-order valence-corrected chi connectivity index (χ0v) is 23.9. The minimum Gasteiger partial charge on any atom is -0.388 e. The number of aromatic nitrogens is 2. The maximum atomic E-state index is 15.2. The maximum absolute atomic E-state index is 15.2. The predicted octanol–water partition coefficient (Wildman–Crippen LogP) is 5.68. The lowest BCUT2D eigenvalue weighted by Crippen LogP contribution is -2.49. The van der Waals surface area contributed by atoms with Crippen molar-refractivity contribution in [2.24, 2.45) is 18.9 Å². The number of carbonyl (C=O) groups excluding carboxylic acids is 1. The molecule has 2 aliphatic carbocycles. The third-order valence-electron chi connectivity index (χ3n) is 7.92. The van der Waals surface area contributed by atoms with E-state index in [1.165, 1.54) is 28.9 Å². The normalized spacial score (nSPS) is 24.6. The van der Waals surface area contributed by atoms with E-state index in [9.17, 15) is 18.5 Å². The van der Waals surface area contributed by atoms with E-state index in [-0.39, 0.29) is 52.1 Å². The van der Waals surface area contributed by atoms with Gasteiger partial charge in [-0.05, 0) is 74.8 Å². The molecule has 0 saturated heterocycles. The molecule has 40 heavy (non-hydrogen) atoms. The fraction of sp³-hybridized carbons (Fsp3) is 0.429. The summed E-state index contributed by atoms with van der Waals surface area (Å²) < 4.78 is 56.9. The Morgan fingerprint density at radius 2 is 1.80 bits per heavy atom. The summed E-state index contributed by atoms with van der Waals surface area (Å²) in [7, 11) is 0.757. The molecule has 5 rings (SSSR count). The highest BCUT2D eigenvalue weighted by Gasteiger charge is 2.64. The van der Waals surface area contributed by atoms with Crippen molar-refractivity contribution in [3.05, 3.63) is 70.1 Å². The molecule has 4 N–H and O–H groups in total. The van der Waals surface area contributed by atoms with Crippen LogP contribution in [0.4, 0.5) is 24.7 Å². The number of hydrogen-bond donors (Lipinski definition) is 3. The number of halogens is 4. The maximum Gasteiger partial charge on any atom is 0.353 e. The van der Waals surface area contributed by atoms with Crippen LogP contribution in [0.3, 0.4) is 0 Å². The van der Waals surface area contributed by atoms with Crippen LogP contribution in [0.15, 0.2) is 47.4 Å². The van der Waals surface area contributed by atoms with Crippen LogP contribution in [0.5, 0.6) is 0 Å². The van der Waals surface area contributed by atoms with Crippen LogP contribution in [-0.2, 0) is 17.8 Å². The number of nitrogens with zero attached hydrogens (tertiary/aromatic N) is 2. The minimum absolute atomic E-state index is 0.00791. The first kappa shape index (κ1) is 30.1. The van der Waals surface area contributed by atoms with E-state index >= 15 is 8.78 Å². The molecule has 2 fully saturated rings. The second-order valence-corrected chi connectivity index (χ2v) is 12.5. The lowest BCUT2D eigenvalue weighted by atomic mass is 9.92. The first-order valence-electron chi connectivity index (χ1n) is 12.8. The van der Waals surface area contributed by atoms with Gasteiger partial charge in [-0.1, -0.05) is 29.3 Å². The topological polar surface area (TPSA) is 110 Å². The van der Waals surface area contributed by atoms with Crippen molar-refractivity contribution in [1.29, 1.82) is 0 Å². The smallest absolute Gasteiger partial charge is 0.353 e. The van der Waals surface area contributed by atoms with E-state index in [0.717, 1.165) is 11.3 Å². The number of alkyl halides is 2. The van der Waals surface area contributed by atoms with E-state index in [1.54, 1.807) is 32.3 Å².